The second-order valence-corrected chi connectivity index (χ2v) is 3.86. The summed E-state index contributed by atoms with van der Waals surface area (Å²) in [6.45, 7) is 0.601. The Bertz CT molecular complexity index is 517. The minimum atomic E-state index is -0.604. The smallest absolute Gasteiger partial charge is 0.299 e. The Balaban J connectivity index is 2.34. The lowest BCUT2D eigenvalue weighted by atomic mass is 9.85. The number of nitriles is 1. The van der Waals surface area contributed by atoms with Gasteiger partial charge in [-0.3, -0.25) is 14.3 Å². The summed E-state index contributed by atoms with van der Waals surface area (Å²) in [7, 11) is 0. The van der Waals surface area contributed by atoms with Crippen molar-refractivity contribution >= 4 is 0 Å². The molecule has 1 N–H and O–H groups in total. The molecule has 5 nitrogen and oxygen atoms in total. The molecule has 2 rings (SSSR count). The molecule has 1 aliphatic carbocycles. The quantitative estimate of drug-likeness (QED) is 0.749. The highest BCUT2D eigenvalue weighted by Crippen LogP contribution is 2.27. The summed E-state index contributed by atoms with van der Waals surface area (Å²) >= 11 is 0. The minimum Gasteiger partial charge on any atom is -0.299 e. The highest BCUT2D eigenvalue weighted by molar-refractivity contribution is 5.21. The number of rotatable bonds is 2. The van der Waals surface area contributed by atoms with Gasteiger partial charge in [-0.1, -0.05) is 6.42 Å². The van der Waals surface area contributed by atoms with Gasteiger partial charge in [0.25, 0.3) is 5.56 Å². The van der Waals surface area contributed by atoms with Crippen LogP contribution in [0.2, 0.25) is 0 Å². The number of hydrogen-bond acceptors (Lipinski definition) is 3. The van der Waals surface area contributed by atoms with E-state index in [1.807, 2.05) is 0 Å². The van der Waals surface area contributed by atoms with E-state index in [0.29, 0.717) is 12.5 Å². The standard InChI is InChI=1S/C10H11N3O2/c11-4-8-6-13(5-7-2-1-3-7)10(15)12-9(8)14/h6-7H,1-3,5H2,(H,12,14,15). The van der Waals surface area contributed by atoms with E-state index in [1.165, 1.54) is 17.2 Å². The normalized spacial score (nSPS) is 15.7. The molecule has 15 heavy (non-hydrogen) atoms. The van der Waals surface area contributed by atoms with Crippen LogP contribution in [0.1, 0.15) is 24.8 Å². The van der Waals surface area contributed by atoms with E-state index in [4.69, 9.17) is 5.26 Å². The van der Waals surface area contributed by atoms with Gasteiger partial charge in [0, 0.05) is 12.7 Å². The Morgan fingerprint density at radius 2 is 2.27 bits per heavy atom. The van der Waals surface area contributed by atoms with Crippen molar-refractivity contribution in [1.82, 2.24) is 9.55 Å². The van der Waals surface area contributed by atoms with Gasteiger partial charge in [0.15, 0.2) is 0 Å². The summed E-state index contributed by atoms with van der Waals surface area (Å²) < 4.78 is 1.42. The number of nitrogens with zero attached hydrogens (tertiary/aromatic N) is 2. The van der Waals surface area contributed by atoms with Gasteiger partial charge in [0.1, 0.15) is 11.6 Å². The Morgan fingerprint density at radius 3 is 2.80 bits per heavy atom. The van der Waals surface area contributed by atoms with E-state index in [9.17, 15) is 9.59 Å². The van der Waals surface area contributed by atoms with Crippen LogP contribution in [0.5, 0.6) is 0 Å². The Hall–Kier alpha value is -1.83. The highest BCUT2D eigenvalue weighted by Gasteiger charge is 2.18. The lowest BCUT2D eigenvalue weighted by molar-refractivity contribution is 0.272. The summed E-state index contributed by atoms with van der Waals surface area (Å²) in [6, 6.07) is 1.77. The maximum atomic E-state index is 11.4. The van der Waals surface area contributed by atoms with E-state index in [0.717, 1.165) is 12.8 Å². The molecule has 1 heterocycles. The number of hydrogen-bond donors (Lipinski definition) is 1. The molecule has 0 unspecified atom stereocenters. The molecule has 0 bridgehead atoms. The van der Waals surface area contributed by atoms with Gasteiger partial charge in [0.05, 0.1) is 0 Å². The monoisotopic (exact) mass is 205 g/mol. The summed E-state index contributed by atoms with van der Waals surface area (Å²) in [4.78, 5) is 24.6. The topological polar surface area (TPSA) is 78.7 Å². The molecule has 0 aromatic carbocycles. The van der Waals surface area contributed by atoms with Gasteiger partial charge >= 0.3 is 5.69 Å². The summed E-state index contributed by atoms with van der Waals surface area (Å²) in [6.07, 6.45) is 4.79. The van der Waals surface area contributed by atoms with Crippen LogP contribution in [0.4, 0.5) is 0 Å². The fraction of sp³-hybridized carbons (Fsp3) is 0.500. The zero-order valence-electron chi connectivity index (χ0n) is 8.19. The van der Waals surface area contributed by atoms with Crippen molar-refractivity contribution in [2.75, 3.05) is 0 Å². The first-order chi connectivity index (χ1) is 7.20. The first-order valence-electron chi connectivity index (χ1n) is 4.94. The molecule has 0 saturated heterocycles. The van der Waals surface area contributed by atoms with Crippen LogP contribution in [0.15, 0.2) is 15.8 Å². The average molecular weight is 205 g/mol. The predicted molar refractivity (Wildman–Crippen MR) is 53.4 cm³/mol. The van der Waals surface area contributed by atoms with Crippen molar-refractivity contribution in [3.8, 4) is 6.07 Å². The van der Waals surface area contributed by atoms with E-state index >= 15 is 0 Å². The molecule has 1 saturated carbocycles. The van der Waals surface area contributed by atoms with Crippen LogP contribution in [-0.2, 0) is 6.54 Å². The summed E-state index contributed by atoms with van der Waals surface area (Å²) in [5, 5.41) is 8.65. The Morgan fingerprint density at radius 1 is 1.53 bits per heavy atom. The van der Waals surface area contributed by atoms with Gasteiger partial charge in [-0.2, -0.15) is 5.26 Å². The van der Waals surface area contributed by atoms with Gasteiger partial charge in [-0.15, -0.1) is 0 Å². The largest absolute Gasteiger partial charge is 0.328 e. The second kappa shape index (κ2) is 3.73. The number of aromatic nitrogens is 2. The summed E-state index contributed by atoms with van der Waals surface area (Å²) in [5.74, 6) is 0.514. The van der Waals surface area contributed by atoms with E-state index < -0.39 is 11.2 Å². The van der Waals surface area contributed by atoms with Crippen LogP contribution in [-0.4, -0.2) is 9.55 Å². The molecule has 0 aliphatic heterocycles. The van der Waals surface area contributed by atoms with Crippen LogP contribution >= 0.6 is 0 Å². The van der Waals surface area contributed by atoms with Crippen LogP contribution in [0, 0.1) is 17.2 Å². The van der Waals surface area contributed by atoms with Crippen LogP contribution in [0.3, 0.4) is 0 Å². The number of H-pyrrole nitrogens is 1. The fourth-order valence-corrected chi connectivity index (χ4v) is 1.68. The lowest BCUT2D eigenvalue weighted by Gasteiger charge is -2.25. The van der Waals surface area contributed by atoms with Crippen LogP contribution < -0.4 is 11.2 Å². The molecule has 5 heteroatoms. The molecule has 1 aromatic rings. The van der Waals surface area contributed by atoms with E-state index in [-0.39, 0.29) is 5.56 Å². The van der Waals surface area contributed by atoms with Gasteiger partial charge in [-0.05, 0) is 18.8 Å². The maximum absolute atomic E-state index is 11.4. The first-order valence-corrected chi connectivity index (χ1v) is 4.94. The molecule has 1 fully saturated rings. The molecule has 0 spiro atoms. The van der Waals surface area contributed by atoms with Crippen molar-refractivity contribution in [1.29, 1.82) is 5.26 Å². The average Bonchev–Trinajstić information content (AvgIpc) is 2.14. The number of nitrogens with one attached hydrogen (secondary N) is 1. The zero-order valence-corrected chi connectivity index (χ0v) is 8.19. The molecule has 0 amide bonds. The predicted octanol–water partition coefficient (Wildman–Crippen LogP) is 0.208. The van der Waals surface area contributed by atoms with Crippen LogP contribution in [0.25, 0.3) is 0 Å². The van der Waals surface area contributed by atoms with E-state index in [1.54, 1.807) is 6.07 Å². The third-order valence-electron chi connectivity index (χ3n) is 2.81. The second-order valence-electron chi connectivity index (χ2n) is 3.86. The first kappa shape index (κ1) is 9.71. The van der Waals surface area contributed by atoms with E-state index in [2.05, 4.69) is 4.98 Å². The SMILES string of the molecule is N#Cc1cn(CC2CCC2)c(=O)[nH]c1=O. The number of aromatic amines is 1. The molecular formula is C10H11N3O2. The molecule has 0 atom stereocenters. The lowest BCUT2D eigenvalue weighted by Crippen LogP contribution is -2.34. The van der Waals surface area contributed by atoms with Gasteiger partial charge in [0.2, 0.25) is 0 Å². The minimum absolute atomic E-state index is 0.00563. The van der Waals surface area contributed by atoms with Crippen molar-refractivity contribution in [3.05, 3.63) is 32.6 Å². The third kappa shape index (κ3) is 1.84. The summed E-state index contributed by atoms with van der Waals surface area (Å²) in [5.41, 5.74) is -1.04. The fourth-order valence-electron chi connectivity index (χ4n) is 1.68. The van der Waals surface area contributed by atoms with Crippen molar-refractivity contribution in [3.63, 3.8) is 0 Å². The molecule has 1 aliphatic rings. The van der Waals surface area contributed by atoms with Gasteiger partial charge in [-0.25, -0.2) is 4.79 Å². The van der Waals surface area contributed by atoms with Crippen molar-refractivity contribution in [2.24, 2.45) is 5.92 Å². The zero-order chi connectivity index (χ0) is 10.8. The molecule has 0 radical (unpaired) electrons. The van der Waals surface area contributed by atoms with Crippen molar-refractivity contribution < 1.29 is 0 Å². The Kier molecular flexibility index (Phi) is 2.42. The third-order valence-corrected chi connectivity index (χ3v) is 2.81. The highest BCUT2D eigenvalue weighted by atomic mass is 16.2. The molecule has 1 aromatic heterocycles. The Labute approximate surface area is 86.0 Å². The van der Waals surface area contributed by atoms with Crippen molar-refractivity contribution in [2.45, 2.75) is 25.8 Å². The molecule has 78 valence electrons. The van der Waals surface area contributed by atoms with Gasteiger partial charge < -0.3 is 0 Å². The maximum Gasteiger partial charge on any atom is 0.328 e. The molecular weight excluding hydrogens is 194 g/mol.